The molecule has 0 spiro atoms. The van der Waals surface area contributed by atoms with Crippen molar-refractivity contribution in [2.75, 3.05) is 0 Å². The molecule has 6 saturated carbocycles. The van der Waals surface area contributed by atoms with Crippen LogP contribution in [0.4, 0.5) is 0 Å². The van der Waals surface area contributed by atoms with Crippen molar-refractivity contribution in [3.8, 4) is 0 Å². The van der Waals surface area contributed by atoms with Gasteiger partial charge in [0.2, 0.25) is 0 Å². The smallest absolute Gasteiger partial charge is 0.161 e. The Labute approximate surface area is 232 Å². The number of hydrogen-bond acceptors (Lipinski definition) is 2. The Morgan fingerprint density at radius 1 is 0.632 bits per heavy atom. The average molecular weight is 517 g/mol. The molecule has 12 atom stereocenters. The number of allylic oxidation sites excluding steroid dienone is 4. The molecule has 0 radical (unpaired) electrons. The highest BCUT2D eigenvalue weighted by Crippen LogP contribution is 2.57. The van der Waals surface area contributed by atoms with E-state index in [0.717, 1.165) is 59.5 Å². The molecule has 6 fully saturated rings. The molecule has 6 aliphatic carbocycles. The first-order chi connectivity index (χ1) is 18.0. The monoisotopic (exact) mass is 516 g/mol. The molecule has 0 unspecified atom stereocenters. The minimum atomic E-state index is 0.0973. The molecule has 0 aromatic rings. The van der Waals surface area contributed by atoms with Crippen molar-refractivity contribution in [2.45, 2.75) is 91.9 Å². The molecular formula is C36H52O2. The van der Waals surface area contributed by atoms with Crippen molar-refractivity contribution in [3.63, 3.8) is 0 Å². The number of fused-ring (bicyclic) bond motifs is 6. The molecule has 38 heavy (non-hydrogen) atoms. The van der Waals surface area contributed by atoms with Crippen LogP contribution in [0.25, 0.3) is 0 Å². The van der Waals surface area contributed by atoms with E-state index in [1.165, 1.54) is 44.9 Å². The zero-order chi connectivity index (χ0) is 27.5. The van der Waals surface area contributed by atoms with Gasteiger partial charge in [0.25, 0.3) is 0 Å². The third kappa shape index (κ3) is 4.77. The average Bonchev–Trinajstić information content (AvgIpc) is 2.85. The van der Waals surface area contributed by atoms with Gasteiger partial charge in [0, 0.05) is 12.3 Å². The third-order valence-corrected chi connectivity index (χ3v) is 12.1. The highest BCUT2D eigenvalue weighted by atomic mass is 16.1. The Balaban J connectivity index is 0.000000156. The molecule has 0 bridgehead atoms. The first-order valence-corrected chi connectivity index (χ1v) is 15.8. The van der Waals surface area contributed by atoms with Crippen molar-refractivity contribution in [3.05, 3.63) is 48.6 Å². The van der Waals surface area contributed by atoms with Gasteiger partial charge in [-0.1, -0.05) is 65.2 Å². The lowest BCUT2D eigenvalue weighted by Crippen LogP contribution is -2.48. The van der Waals surface area contributed by atoms with Gasteiger partial charge in [-0.3, -0.25) is 9.59 Å². The number of ketones is 2. The second-order valence-corrected chi connectivity index (χ2v) is 14.6. The van der Waals surface area contributed by atoms with Gasteiger partial charge in [0.1, 0.15) is 0 Å². The molecule has 2 heteroatoms. The SMILES string of the molecule is C=C1C(=O)[C@H](C)C[C@@H]2C[C@H](C)[C@H]3CCC(=O)C(=C)[C@@H]3[C@@H]12.C=C1C[C@H](C)C[C@@H]2C[C@H](C)[C@H]3CCCC(=C)[C@@H]3[C@@H]12. The molecule has 0 saturated heterocycles. The van der Waals surface area contributed by atoms with E-state index in [2.05, 4.69) is 47.1 Å². The summed E-state index contributed by atoms with van der Waals surface area (Å²) in [7, 11) is 0. The summed E-state index contributed by atoms with van der Waals surface area (Å²) in [6.07, 6.45) is 12.0. The van der Waals surface area contributed by atoms with E-state index >= 15 is 0 Å². The molecule has 6 rings (SSSR count). The maximum Gasteiger partial charge on any atom is 0.161 e. The lowest BCUT2D eigenvalue weighted by atomic mass is 9.51. The maximum atomic E-state index is 12.3. The quantitative estimate of drug-likeness (QED) is 0.238. The third-order valence-electron chi connectivity index (χ3n) is 12.1. The maximum absolute atomic E-state index is 12.3. The molecule has 6 aliphatic rings. The lowest BCUT2D eigenvalue weighted by Gasteiger charge is -2.53. The predicted octanol–water partition coefficient (Wildman–Crippen LogP) is 8.79. The van der Waals surface area contributed by atoms with Crippen LogP contribution in [0.5, 0.6) is 0 Å². The molecule has 0 amide bonds. The topological polar surface area (TPSA) is 34.1 Å². The number of carbonyl (C=O) groups is 2. The molecule has 0 aromatic carbocycles. The summed E-state index contributed by atoms with van der Waals surface area (Å²) >= 11 is 0. The van der Waals surface area contributed by atoms with Crippen molar-refractivity contribution < 1.29 is 9.59 Å². The van der Waals surface area contributed by atoms with Gasteiger partial charge >= 0.3 is 0 Å². The summed E-state index contributed by atoms with van der Waals surface area (Å²) in [5, 5.41) is 0. The zero-order valence-corrected chi connectivity index (χ0v) is 24.6. The first kappa shape index (κ1) is 27.9. The minimum absolute atomic E-state index is 0.0973. The summed E-state index contributed by atoms with van der Waals surface area (Å²) in [5.74, 6) is 7.68. The van der Waals surface area contributed by atoms with Crippen LogP contribution in [0.3, 0.4) is 0 Å². The summed E-state index contributed by atoms with van der Waals surface area (Å²) < 4.78 is 0. The van der Waals surface area contributed by atoms with Gasteiger partial charge in [0.05, 0.1) is 0 Å². The normalized spacial score (nSPS) is 46.7. The Morgan fingerprint density at radius 3 is 1.95 bits per heavy atom. The second kappa shape index (κ2) is 10.7. The van der Waals surface area contributed by atoms with Crippen LogP contribution in [0, 0.1) is 71.0 Å². The standard InChI is InChI=1S/C18H24O2.C18H28/c1-9-7-13-8-10(2)18(20)12(4)16(13)17-11(3)15(19)6-5-14(9)17;1-11-8-14(4)17-15(9-11)10-13(3)16-7-5-6-12(2)18(16)17/h9-10,13-14,16-17H,3-8H2,1-2H3;11,13,15-18H,2,4-10H2,1,3H3/t9-,10+,13-,14+,16-,17-;11-,13-,15+,16+,17-,18-/m00/s1. The van der Waals surface area contributed by atoms with E-state index in [0.29, 0.717) is 24.2 Å². The van der Waals surface area contributed by atoms with Crippen molar-refractivity contribution >= 4 is 11.6 Å². The van der Waals surface area contributed by atoms with Gasteiger partial charge in [0.15, 0.2) is 11.6 Å². The number of hydrogen-bond donors (Lipinski definition) is 0. The molecule has 208 valence electrons. The molecule has 0 aliphatic heterocycles. The molecule has 0 aromatic heterocycles. The van der Waals surface area contributed by atoms with Crippen molar-refractivity contribution in [1.82, 2.24) is 0 Å². The van der Waals surface area contributed by atoms with Gasteiger partial charge in [-0.05, 0) is 134 Å². The molecule has 0 heterocycles. The highest BCUT2D eigenvalue weighted by Gasteiger charge is 2.52. The summed E-state index contributed by atoms with van der Waals surface area (Å²) in [4.78, 5) is 24.4. The van der Waals surface area contributed by atoms with Gasteiger partial charge in [-0.25, -0.2) is 0 Å². The Bertz CT molecular complexity index is 1030. The van der Waals surface area contributed by atoms with Gasteiger partial charge in [-0.15, -0.1) is 0 Å². The Kier molecular flexibility index (Phi) is 7.84. The van der Waals surface area contributed by atoms with Crippen LogP contribution in [-0.2, 0) is 9.59 Å². The fraction of sp³-hybridized carbons (Fsp3) is 0.722. The van der Waals surface area contributed by atoms with Crippen LogP contribution in [0.15, 0.2) is 48.6 Å². The van der Waals surface area contributed by atoms with E-state index < -0.39 is 0 Å². The van der Waals surface area contributed by atoms with Crippen LogP contribution in [-0.4, -0.2) is 11.6 Å². The first-order valence-electron chi connectivity index (χ1n) is 15.8. The minimum Gasteiger partial charge on any atom is -0.295 e. The van der Waals surface area contributed by atoms with Crippen molar-refractivity contribution in [2.24, 2.45) is 71.0 Å². The van der Waals surface area contributed by atoms with Crippen LogP contribution < -0.4 is 0 Å². The fourth-order valence-electron chi connectivity index (χ4n) is 10.6. The summed E-state index contributed by atoms with van der Waals surface area (Å²) in [6.45, 7) is 26.3. The largest absolute Gasteiger partial charge is 0.295 e. The summed E-state index contributed by atoms with van der Waals surface area (Å²) in [5.41, 5.74) is 4.66. The van der Waals surface area contributed by atoms with E-state index in [1.807, 2.05) is 6.92 Å². The van der Waals surface area contributed by atoms with E-state index in [1.54, 1.807) is 11.1 Å². The molecule has 0 N–H and O–H groups in total. The predicted molar refractivity (Wildman–Crippen MR) is 157 cm³/mol. The molecule has 2 nitrogen and oxygen atoms in total. The fourth-order valence-corrected chi connectivity index (χ4v) is 10.6. The molecular weight excluding hydrogens is 464 g/mol. The van der Waals surface area contributed by atoms with Crippen molar-refractivity contribution in [1.29, 1.82) is 0 Å². The van der Waals surface area contributed by atoms with E-state index in [9.17, 15) is 9.59 Å². The number of Topliss-reactive ketones (excluding diaryl/α,β-unsaturated/α-hetero) is 2. The number of rotatable bonds is 0. The zero-order valence-electron chi connectivity index (χ0n) is 24.6. The summed E-state index contributed by atoms with van der Waals surface area (Å²) in [6, 6.07) is 0. The van der Waals surface area contributed by atoms with E-state index in [4.69, 9.17) is 0 Å². The van der Waals surface area contributed by atoms with Crippen LogP contribution >= 0.6 is 0 Å². The van der Waals surface area contributed by atoms with E-state index in [-0.39, 0.29) is 29.3 Å². The Hall–Kier alpha value is -1.70. The lowest BCUT2D eigenvalue weighted by molar-refractivity contribution is -0.126. The van der Waals surface area contributed by atoms with Crippen LogP contribution in [0.2, 0.25) is 0 Å². The highest BCUT2D eigenvalue weighted by molar-refractivity contribution is 5.99. The van der Waals surface area contributed by atoms with Gasteiger partial charge in [-0.2, -0.15) is 0 Å². The second-order valence-electron chi connectivity index (χ2n) is 14.6. The number of carbonyl (C=O) groups excluding carboxylic acids is 2. The van der Waals surface area contributed by atoms with Gasteiger partial charge < -0.3 is 0 Å². The Morgan fingerprint density at radius 2 is 1.26 bits per heavy atom. The van der Waals surface area contributed by atoms with Crippen LogP contribution in [0.1, 0.15) is 91.9 Å².